The van der Waals surface area contributed by atoms with Crippen LogP contribution in [-0.4, -0.2) is 73.4 Å². The number of phosphoric ester groups is 1. The van der Waals surface area contributed by atoms with Gasteiger partial charge in [0.1, 0.15) is 13.2 Å². The maximum absolute atomic E-state index is 12.9. The Labute approximate surface area is 377 Å². The van der Waals surface area contributed by atoms with E-state index in [1.807, 2.05) is 27.2 Å². The zero-order valence-corrected chi connectivity index (χ0v) is 41.3. The van der Waals surface area contributed by atoms with Crippen molar-refractivity contribution in [1.29, 1.82) is 0 Å². The van der Waals surface area contributed by atoms with Gasteiger partial charge in [-0.1, -0.05) is 209 Å². The Morgan fingerprint density at radius 2 is 0.984 bits per heavy atom. The third-order valence-corrected chi connectivity index (χ3v) is 12.0. The second kappa shape index (κ2) is 43.5. The van der Waals surface area contributed by atoms with Crippen LogP contribution in [-0.2, 0) is 18.4 Å². The summed E-state index contributed by atoms with van der Waals surface area (Å²) in [5.74, 6) is -0.181. The third-order valence-electron chi connectivity index (χ3n) is 11.0. The second-order valence-electron chi connectivity index (χ2n) is 18.2. The summed E-state index contributed by atoms with van der Waals surface area (Å²) in [6.45, 7) is 4.66. The van der Waals surface area contributed by atoms with E-state index >= 15 is 0 Å². The Morgan fingerprint density at radius 1 is 0.574 bits per heavy atom. The Balaban J connectivity index is 3.97. The molecular formula is C52H98N2O6P+. The van der Waals surface area contributed by atoms with Crippen molar-refractivity contribution >= 4 is 13.7 Å². The highest BCUT2D eigenvalue weighted by molar-refractivity contribution is 7.47. The molecule has 9 heteroatoms. The monoisotopic (exact) mass is 878 g/mol. The van der Waals surface area contributed by atoms with Crippen LogP contribution in [0.25, 0.3) is 0 Å². The predicted octanol–water partition coefficient (Wildman–Crippen LogP) is 14.6. The maximum Gasteiger partial charge on any atom is 0.472 e. The average molecular weight is 878 g/mol. The highest BCUT2D eigenvalue weighted by atomic mass is 31.2. The number of carbonyl (C=O) groups is 1. The van der Waals surface area contributed by atoms with Crippen LogP contribution in [0.2, 0.25) is 0 Å². The number of phosphoric acid groups is 1. The minimum Gasteiger partial charge on any atom is -0.387 e. The Morgan fingerprint density at radius 3 is 1.44 bits per heavy atom. The van der Waals surface area contributed by atoms with Crippen LogP contribution in [0.4, 0.5) is 0 Å². The number of allylic oxidation sites excluding steroid dienone is 9. The number of likely N-dealkylation sites (N-methyl/N-ethyl adjacent to an activating group) is 1. The van der Waals surface area contributed by atoms with Crippen molar-refractivity contribution in [3.05, 3.63) is 60.8 Å². The lowest BCUT2D eigenvalue weighted by Crippen LogP contribution is -2.45. The molecule has 0 aliphatic rings. The zero-order chi connectivity index (χ0) is 45.0. The summed E-state index contributed by atoms with van der Waals surface area (Å²) in [6.07, 6.45) is 57.6. The minimum atomic E-state index is -4.33. The lowest BCUT2D eigenvalue weighted by atomic mass is 10.0. The summed E-state index contributed by atoms with van der Waals surface area (Å²) >= 11 is 0. The predicted molar refractivity (Wildman–Crippen MR) is 263 cm³/mol. The molecule has 0 aliphatic heterocycles. The van der Waals surface area contributed by atoms with Gasteiger partial charge in [0.05, 0.1) is 39.9 Å². The van der Waals surface area contributed by atoms with Crippen LogP contribution in [0.1, 0.15) is 213 Å². The number of unbranched alkanes of at least 4 members (excludes halogenated alkanes) is 24. The van der Waals surface area contributed by atoms with Crippen molar-refractivity contribution in [1.82, 2.24) is 5.32 Å². The third kappa shape index (κ3) is 46.0. The minimum absolute atomic E-state index is 0.0606. The number of hydrogen-bond acceptors (Lipinski definition) is 5. The molecule has 3 unspecified atom stereocenters. The SMILES string of the molecule is CC/C=C\C/C=C\C/C=C\C/C=C\CCCCCCCCCCCCCCCCCCCCC(=O)NC(COP(=O)(O)OCC[N+](C)(C)C)C(O)/C=C/CCCCCCCC. The van der Waals surface area contributed by atoms with Gasteiger partial charge in [0.2, 0.25) is 5.91 Å². The van der Waals surface area contributed by atoms with Crippen LogP contribution < -0.4 is 5.32 Å². The molecule has 0 aromatic heterocycles. The van der Waals surface area contributed by atoms with Crippen molar-refractivity contribution in [3.8, 4) is 0 Å². The smallest absolute Gasteiger partial charge is 0.387 e. The average Bonchev–Trinajstić information content (AvgIpc) is 3.21. The van der Waals surface area contributed by atoms with Crippen molar-refractivity contribution < 1.29 is 32.9 Å². The van der Waals surface area contributed by atoms with Crippen LogP contribution in [0, 0.1) is 0 Å². The highest BCUT2D eigenvalue weighted by Gasteiger charge is 2.27. The zero-order valence-electron chi connectivity index (χ0n) is 40.4. The molecule has 0 aromatic rings. The quantitative estimate of drug-likeness (QED) is 0.0244. The number of hydrogen-bond donors (Lipinski definition) is 3. The molecule has 3 atom stereocenters. The molecule has 1 amide bonds. The molecule has 0 saturated heterocycles. The van der Waals surface area contributed by atoms with Gasteiger partial charge in [-0.3, -0.25) is 13.8 Å². The van der Waals surface area contributed by atoms with E-state index in [1.54, 1.807) is 6.08 Å². The molecule has 356 valence electrons. The molecule has 0 spiro atoms. The van der Waals surface area contributed by atoms with Gasteiger partial charge in [-0.15, -0.1) is 0 Å². The molecule has 0 aliphatic carbocycles. The molecule has 0 bridgehead atoms. The van der Waals surface area contributed by atoms with E-state index in [0.29, 0.717) is 17.4 Å². The van der Waals surface area contributed by atoms with Gasteiger partial charge in [-0.25, -0.2) is 4.57 Å². The van der Waals surface area contributed by atoms with Crippen LogP contribution >= 0.6 is 7.82 Å². The molecule has 0 aromatic carbocycles. The first-order chi connectivity index (χ1) is 29.5. The Hall–Kier alpha value is -1.80. The summed E-state index contributed by atoms with van der Waals surface area (Å²) in [7, 11) is 1.57. The van der Waals surface area contributed by atoms with Crippen molar-refractivity contribution in [2.24, 2.45) is 0 Å². The van der Waals surface area contributed by atoms with Gasteiger partial charge in [-0.2, -0.15) is 0 Å². The molecule has 0 rings (SSSR count). The van der Waals surface area contributed by atoms with Crippen molar-refractivity contribution in [2.45, 2.75) is 225 Å². The number of nitrogens with one attached hydrogen (secondary N) is 1. The lowest BCUT2D eigenvalue weighted by Gasteiger charge is -2.25. The molecule has 61 heavy (non-hydrogen) atoms. The van der Waals surface area contributed by atoms with Gasteiger partial charge in [0.25, 0.3) is 0 Å². The summed E-state index contributed by atoms with van der Waals surface area (Å²) < 4.78 is 23.5. The van der Waals surface area contributed by atoms with E-state index in [4.69, 9.17) is 9.05 Å². The molecule has 0 saturated carbocycles. The van der Waals surface area contributed by atoms with Crippen molar-refractivity contribution in [2.75, 3.05) is 40.9 Å². The van der Waals surface area contributed by atoms with Crippen LogP contribution in [0.5, 0.6) is 0 Å². The fourth-order valence-electron chi connectivity index (χ4n) is 7.03. The fraction of sp³-hybridized carbons (Fsp3) is 0.788. The number of carbonyl (C=O) groups excluding carboxylic acids is 1. The summed E-state index contributed by atoms with van der Waals surface area (Å²) in [5, 5.41) is 13.8. The molecule has 0 radical (unpaired) electrons. The number of quaternary nitrogens is 1. The molecule has 0 fully saturated rings. The van der Waals surface area contributed by atoms with E-state index in [-0.39, 0.29) is 19.1 Å². The first-order valence-electron chi connectivity index (χ1n) is 25.2. The van der Waals surface area contributed by atoms with Crippen LogP contribution in [0.3, 0.4) is 0 Å². The second-order valence-corrected chi connectivity index (χ2v) is 19.6. The molecule has 0 heterocycles. The van der Waals surface area contributed by atoms with Gasteiger partial charge in [-0.05, 0) is 57.8 Å². The number of nitrogens with zero attached hydrogens (tertiary/aromatic N) is 1. The molecule has 3 N–H and O–H groups in total. The van der Waals surface area contributed by atoms with Gasteiger partial charge in [0, 0.05) is 6.42 Å². The number of aliphatic hydroxyl groups is 1. The Kier molecular flexibility index (Phi) is 42.2. The van der Waals surface area contributed by atoms with Gasteiger partial charge in [0.15, 0.2) is 0 Å². The van der Waals surface area contributed by atoms with E-state index in [1.165, 1.54) is 128 Å². The number of aliphatic hydroxyl groups excluding tert-OH is 1. The highest BCUT2D eigenvalue weighted by Crippen LogP contribution is 2.43. The van der Waals surface area contributed by atoms with E-state index in [2.05, 4.69) is 67.8 Å². The van der Waals surface area contributed by atoms with Gasteiger partial charge < -0.3 is 19.8 Å². The lowest BCUT2D eigenvalue weighted by molar-refractivity contribution is -0.870. The first-order valence-corrected chi connectivity index (χ1v) is 26.7. The Bertz CT molecular complexity index is 1180. The van der Waals surface area contributed by atoms with E-state index < -0.39 is 20.0 Å². The van der Waals surface area contributed by atoms with Crippen LogP contribution in [0.15, 0.2) is 60.8 Å². The van der Waals surface area contributed by atoms with Gasteiger partial charge >= 0.3 is 7.82 Å². The first kappa shape index (κ1) is 59.2. The topological polar surface area (TPSA) is 105 Å². The van der Waals surface area contributed by atoms with E-state index in [0.717, 1.165) is 64.2 Å². The summed E-state index contributed by atoms with van der Waals surface area (Å²) in [4.78, 5) is 23.1. The van der Waals surface area contributed by atoms with Crippen molar-refractivity contribution in [3.63, 3.8) is 0 Å². The summed E-state index contributed by atoms with van der Waals surface area (Å²) in [5.41, 5.74) is 0. The maximum atomic E-state index is 12.9. The standard InChI is InChI=1S/C52H97N2O6P/c1-6-8-10-12-14-16-17-18-19-20-21-22-23-24-25-26-27-28-29-30-31-32-33-34-35-36-37-38-40-42-44-46-52(56)53-50(49-60-61(57,58)59-48-47-54(3,4)5)51(55)45-43-41-39-15-13-11-9-7-2/h8,10,14,16,18-19,21-22,43,45,50-51,55H,6-7,9,11-13,15,17,20,23-42,44,46-49H2,1-5H3,(H-,53,56,57,58)/p+1/b10-8-,16-14-,19-18-,22-21-,45-43+. The molecular weight excluding hydrogens is 780 g/mol. The largest absolute Gasteiger partial charge is 0.472 e. The number of amides is 1. The summed E-state index contributed by atoms with van der Waals surface area (Å²) in [6, 6.07) is -0.844. The molecule has 8 nitrogen and oxygen atoms in total. The number of rotatable bonds is 45. The fourth-order valence-corrected chi connectivity index (χ4v) is 7.77. The normalized spacial score (nSPS) is 14.7. The van der Waals surface area contributed by atoms with E-state index in [9.17, 15) is 19.4 Å².